The minimum atomic E-state index is -0.0740. The number of anilines is 2. The Bertz CT molecular complexity index is 1390. The molecule has 2 aromatic carbocycles. The summed E-state index contributed by atoms with van der Waals surface area (Å²) in [5.74, 6) is 2.13. The molecule has 0 aliphatic carbocycles. The third-order valence-corrected chi connectivity index (χ3v) is 6.27. The van der Waals surface area contributed by atoms with Gasteiger partial charge < -0.3 is 25.0 Å². The summed E-state index contributed by atoms with van der Waals surface area (Å²) in [4.78, 5) is 30.3. The lowest BCUT2D eigenvalue weighted by molar-refractivity contribution is -0.133. The van der Waals surface area contributed by atoms with Gasteiger partial charge in [0.05, 0.1) is 18.3 Å². The Kier molecular flexibility index (Phi) is 6.73. The molecule has 0 bridgehead atoms. The first-order valence-electron chi connectivity index (χ1n) is 11.5. The highest BCUT2D eigenvalue weighted by atomic mass is 35.5. The number of nitrogen functional groups attached to an aromatic ring is 1. The van der Waals surface area contributed by atoms with E-state index in [-0.39, 0.29) is 18.5 Å². The van der Waals surface area contributed by atoms with Crippen LogP contribution in [-0.4, -0.2) is 65.7 Å². The number of ether oxygens (including phenoxy) is 2. The number of nitrogens with zero attached hydrogens (tertiary/aromatic N) is 5. The molecule has 10 heteroatoms. The van der Waals surface area contributed by atoms with Crippen LogP contribution < -0.4 is 20.1 Å². The quantitative estimate of drug-likeness (QED) is 0.424. The van der Waals surface area contributed by atoms with Crippen molar-refractivity contribution in [1.29, 1.82) is 0 Å². The summed E-state index contributed by atoms with van der Waals surface area (Å²) in [7, 11) is 1.63. The molecule has 0 unspecified atom stereocenters. The molecular weight excluding hydrogens is 480 g/mol. The second-order valence-corrected chi connectivity index (χ2v) is 8.75. The van der Waals surface area contributed by atoms with Crippen molar-refractivity contribution in [2.45, 2.75) is 0 Å². The number of pyridine rings is 1. The van der Waals surface area contributed by atoms with Crippen LogP contribution in [0.15, 0.2) is 60.7 Å². The van der Waals surface area contributed by atoms with E-state index in [1.165, 1.54) is 0 Å². The summed E-state index contributed by atoms with van der Waals surface area (Å²) >= 11 is 5.90. The van der Waals surface area contributed by atoms with E-state index in [2.05, 4.69) is 14.9 Å². The fraction of sp³-hybridized carbons (Fsp3) is 0.231. The Labute approximate surface area is 213 Å². The largest absolute Gasteiger partial charge is 0.497 e. The first kappa shape index (κ1) is 23.6. The maximum Gasteiger partial charge on any atom is 0.260 e. The van der Waals surface area contributed by atoms with Crippen LogP contribution in [0.4, 0.5) is 11.8 Å². The Morgan fingerprint density at radius 2 is 1.75 bits per heavy atom. The lowest BCUT2D eigenvalue weighted by atomic mass is 10.1. The van der Waals surface area contributed by atoms with Crippen molar-refractivity contribution in [3.63, 3.8) is 0 Å². The molecule has 2 aromatic heterocycles. The zero-order valence-corrected chi connectivity index (χ0v) is 20.5. The average Bonchev–Trinajstić information content (AvgIpc) is 2.92. The predicted octanol–water partition coefficient (Wildman–Crippen LogP) is 3.66. The number of halogens is 1. The highest BCUT2D eigenvalue weighted by molar-refractivity contribution is 6.30. The van der Waals surface area contributed by atoms with Crippen LogP contribution in [0.25, 0.3) is 22.3 Å². The number of rotatable bonds is 6. The molecule has 184 valence electrons. The van der Waals surface area contributed by atoms with Gasteiger partial charge in [-0.3, -0.25) is 4.79 Å². The molecule has 9 nitrogen and oxygen atoms in total. The van der Waals surface area contributed by atoms with Crippen LogP contribution in [-0.2, 0) is 4.79 Å². The number of carbonyl (C=O) groups excluding carboxylic acids is 1. The van der Waals surface area contributed by atoms with Crippen LogP contribution in [0.2, 0.25) is 5.02 Å². The van der Waals surface area contributed by atoms with E-state index in [4.69, 9.17) is 31.8 Å². The smallest absolute Gasteiger partial charge is 0.260 e. The van der Waals surface area contributed by atoms with Crippen LogP contribution in [0, 0.1) is 0 Å². The molecule has 0 spiro atoms. The van der Waals surface area contributed by atoms with Gasteiger partial charge in [-0.15, -0.1) is 0 Å². The van der Waals surface area contributed by atoms with Gasteiger partial charge in [0.15, 0.2) is 12.4 Å². The van der Waals surface area contributed by atoms with Crippen LogP contribution in [0.1, 0.15) is 0 Å². The number of carbonyl (C=O) groups is 1. The fourth-order valence-electron chi connectivity index (χ4n) is 4.11. The van der Waals surface area contributed by atoms with E-state index in [1.54, 1.807) is 36.3 Å². The molecule has 1 fully saturated rings. The Morgan fingerprint density at radius 1 is 0.972 bits per heavy atom. The summed E-state index contributed by atoms with van der Waals surface area (Å²) in [6, 6.07) is 18.5. The number of methoxy groups -OCH3 is 1. The Hall–Kier alpha value is -4.11. The lowest BCUT2D eigenvalue weighted by Crippen LogP contribution is -2.50. The van der Waals surface area contributed by atoms with E-state index in [1.807, 2.05) is 36.4 Å². The number of benzene rings is 2. The van der Waals surface area contributed by atoms with Gasteiger partial charge >= 0.3 is 0 Å². The molecule has 0 atom stereocenters. The van der Waals surface area contributed by atoms with Crippen molar-refractivity contribution >= 4 is 40.3 Å². The molecule has 1 aliphatic heterocycles. The topological polar surface area (TPSA) is 107 Å². The highest BCUT2D eigenvalue weighted by Gasteiger charge is 2.24. The van der Waals surface area contributed by atoms with Gasteiger partial charge in [0, 0.05) is 36.8 Å². The van der Waals surface area contributed by atoms with Crippen molar-refractivity contribution in [3.05, 3.63) is 65.7 Å². The van der Waals surface area contributed by atoms with Crippen molar-refractivity contribution in [1.82, 2.24) is 19.9 Å². The van der Waals surface area contributed by atoms with Gasteiger partial charge in [0.25, 0.3) is 5.91 Å². The molecule has 36 heavy (non-hydrogen) atoms. The monoisotopic (exact) mass is 504 g/mol. The number of piperazine rings is 1. The molecule has 0 radical (unpaired) electrons. The minimum absolute atomic E-state index is 0.0313. The molecule has 1 amide bonds. The van der Waals surface area contributed by atoms with Crippen molar-refractivity contribution in [2.75, 3.05) is 50.5 Å². The molecule has 4 aromatic rings. The second-order valence-electron chi connectivity index (χ2n) is 8.31. The molecule has 1 aliphatic rings. The van der Waals surface area contributed by atoms with Gasteiger partial charge in [-0.25, -0.2) is 9.97 Å². The molecule has 2 N–H and O–H groups in total. The number of hydrogen-bond acceptors (Lipinski definition) is 8. The minimum Gasteiger partial charge on any atom is -0.497 e. The average molecular weight is 505 g/mol. The first-order chi connectivity index (χ1) is 17.5. The van der Waals surface area contributed by atoms with Gasteiger partial charge in [0.2, 0.25) is 5.95 Å². The van der Waals surface area contributed by atoms with Crippen molar-refractivity contribution in [3.8, 4) is 22.8 Å². The van der Waals surface area contributed by atoms with Gasteiger partial charge in [-0.2, -0.15) is 4.98 Å². The third-order valence-electron chi connectivity index (χ3n) is 6.01. The first-order valence-corrected chi connectivity index (χ1v) is 11.9. The van der Waals surface area contributed by atoms with Crippen molar-refractivity contribution in [2.24, 2.45) is 0 Å². The normalized spacial score (nSPS) is 13.6. The summed E-state index contributed by atoms with van der Waals surface area (Å²) in [6.07, 6.45) is 0. The standard InChI is InChI=1S/C26H25ClN6O3/c1-35-20-4-2-3-17(15-20)21-9-10-22-24(29-21)25(31-26(28)30-22)33-13-11-32(12-14-33)23(34)16-36-19-7-5-18(27)6-8-19/h2-10,15H,11-14,16H2,1H3,(H2,28,30,31). The van der Waals surface area contributed by atoms with Gasteiger partial charge in [0.1, 0.15) is 17.0 Å². The molecule has 1 saturated heterocycles. The number of nitrogens with two attached hydrogens (primary N) is 1. The Morgan fingerprint density at radius 3 is 2.50 bits per heavy atom. The maximum absolute atomic E-state index is 12.7. The van der Waals surface area contributed by atoms with Crippen LogP contribution >= 0.6 is 11.6 Å². The van der Waals surface area contributed by atoms with E-state index in [9.17, 15) is 4.79 Å². The zero-order chi connectivity index (χ0) is 25.1. The fourth-order valence-corrected chi connectivity index (χ4v) is 4.24. The van der Waals surface area contributed by atoms with E-state index in [0.29, 0.717) is 53.8 Å². The van der Waals surface area contributed by atoms with Crippen LogP contribution in [0.5, 0.6) is 11.5 Å². The van der Waals surface area contributed by atoms with Gasteiger partial charge in [-0.1, -0.05) is 23.7 Å². The van der Waals surface area contributed by atoms with Crippen LogP contribution in [0.3, 0.4) is 0 Å². The van der Waals surface area contributed by atoms with E-state index < -0.39 is 0 Å². The summed E-state index contributed by atoms with van der Waals surface area (Å²) in [6.45, 7) is 2.21. The predicted molar refractivity (Wildman–Crippen MR) is 139 cm³/mol. The molecule has 3 heterocycles. The Balaban J connectivity index is 1.31. The number of aromatic nitrogens is 3. The second kappa shape index (κ2) is 10.2. The molecular formula is C26H25ClN6O3. The zero-order valence-electron chi connectivity index (χ0n) is 19.7. The third kappa shape index (κ3) is 5.11. The number of amides is 1. The summed E-state index contributed by atoms with van der Waals surface area (Å²) in [5, 5.41) is 0.618. The van der Waals surface area contributed by atoms with E-state index >= 15 is 0 Å². The van der Waals surface area contributed by atoms with Crippen molar-refractivity contribution < 1.29 is 14.3 Å². The molecule has 5 rings (SSSR count). The van der Waals surface area contributed by atoms with E-state index in [0.717, 1.165) is 17.0 Å². The maximum atomic E-state index is 12.7. The molecule has 0 saturated carbocycles. The van der Waals surface area contributed by atoms with Gasteiger partial charge in [-0.05, 0) is 48.5 Å². The number of hydrogen-bond donors (Lipinski definition) is 1. The number of fused-ring (bicyclic) bond motifs is 1. The highest BCUT2D eigenvalue weighted by Crippen LogP contribution is 2.29. The summed E-state index contributed by atoms with van der Waals surface area (Å²) < 4.78 is 11.0. The summed E-state index contributed by atoms with van der Waals surface area (Å²) in [5.41, 5.74) is 9.05. The lowest BCUT2D eigenvalue weighted by Gasteiger charge is -2.35. The SMILES string of the molecule is COc1cccc(-c2ccc3nc(N)nc(N4CCN(C(=O)COc5ccc(Cl)cc5)CC4)c3n2)c1.